The van der Waals surface area contributed by atoms with E-state index in [1.165, 1.54) is 11.1 Å². The summed E-state index contributed by atoms with van der Waals surface area (Å²) in [6.07, 6.45) is 0.842. The molecule has 2 N–H and O–H groups in total. The summed E-state index contributed by atoms with van der Waals surface area (Å²) in [5, 5.41) is 9.37. The van der Waals surface area contributed by atoms with Crippen LogP contribution in [0.5, 0.6) is 0 Å². The zero-order valence-corrected chi connectivity index (χ0v) is 23.8. The molecule has 0 aliphatic rings. The van der Waals surface area contributed by atoms with E-state index in [0.717, 1.165) is 0 Å². The summed E-state index contributed by atoms with van der Waals surface area (Å²) in [5.74, 6) is -0.688. The number of hydrogen-bond acceptors (Lipinski definition) is 6. The number of nitrogens with one attached hydrogen (secondary N) is 2. The van der Waals surface area contributed by atoms with Gasteiger partial charge in [0, 0.05) is 29.9 Å². The molecule has 1 aromatic heterocycles. The van der Waals surface area contributed by atoms with Gasteiger partial charge in [0.15, 0.2) is 10.6 Å². The van der Waals surface area contributed by atoms with Gasteiger partial charge >= 0.3 is 6.09 Å². The fourth-order valence-corrected chi connectivity index (χ4v) is 3.73. The molecule has 0 saturated heterocycles. The molecule has 0 spiro atoms. The second-order valence-electron chi connectivity index (χ2n) is 10.4. The first-order valence-corrected chi connectivity index (χ1v) is 13.0. The van der Waals surface area contributed by atoms with Crippen LogP contribution in [-0.4, -0.2) is 52.1 Å². The summed E-state index contributed by atoms with van der Waals surface area (Å²) < 4.78 is 10.6. The van der Waals surface area contributed by atoms with Crippen molar-refractivity contribution in [1.29, 1.82) is 0 Å². The van der Waals surface area contributed by atoms with Crippen molar-refractivity contribution >= 4 is 46.8 Å². The fourth-order valence-electron chi connectivity index (χ4n) is 3.49. The summed E-state index contributed by atoms with van der Waals surface area (Å²) in [6, 6.07) is 7.47. The lowest BCUT2D eigenvalue weighted by atomic mass is 9.99. The molecule has 1 aromatic carbocycles. The van der Waals surface area contributed by atoms with Gasteiger partial charge in [0.2, 0.25) is 5.91 Å². The minimum absolute atomic E-state index is 0.0739. The highest BCUT2D eigenvalue weighted by atomic mass is 35.5. The van der Waals surface area contributed by atoms with Crippen molar-refractivity contribution < 1.29 is 23.6 Å². The number of carbonyl (C=O) groups excluding carboxylic acids is 3. The number of alkyl carbamates (subject to hydrolysis) is 1. The molecule has 0 radical (unpaired) electrons. The first kappa shape index (κ1) is 30.4. The van der Waals surface area contributed by atoms with E-state index in [0.29, 0.717) is 17.0 Å². The Morgan fingerprint density at radius 3 is 2.24 bits per heavy atom. The van der Waals surface area contributed by atoms with E-state index in [2.05, 4.69) is 15.8 Å². The van der Waals surface area contributed by atoms with E-state index >= 15 is 0 Å². The van der Waals surface area contributed by atoms with Crippen molar-refractivity contribution in [2.24, 2.45) is 11.8 Å². The molecule has 2 rings (SSSR count). The number of amides is 3. The van der Waals surface area contributed by atoms with Crippen LogP contribution < -0.4 is 15.5 Å². The summed E-state index contributed by atoms with van der Waals surface area (Å²) in [4.78, 5) is 38.8. The molecule has 0 unspecified atom stereocenters. The van der Waals surface area contributed by atoms with Crippen LogP contribution in [0.1, 0.15) is 48.5 Å². The van der Waals surface area contributed by atoms with E-state index in [1.807, 2.05) is 33.8 Å². The maximum atomic E-state index is 13.3. The number of anilines is 1. The molecular weight excluding hydrogens is 519 g/mol. The molecule has 9 nitrogen and oxygen atoms in total. The molecule has 2 atom stereocenters. The lowest BCUT2D eigenvalue weighted by Gasteiger charge is -2.33. The van der Waals surface area contributed by atoms with Crippen LogP contribution in [0, 0.1) is 11.8 Å². The minimum Gasteiger partial charge on any atom is -0.444 e. The van der Waals surface area contributed by atoms with Gasteiger partial charge in [-0.05, 0) is 44.7 Å². The largest absolute Gasteiger partial charge is 0.444 e. The monoisotopic (exact) mass is 554 g/mol. The summed E-state index contributed by atoms with van der Waals surface area (Å²) >= 11 is 12.0. The first-order chi connectivity index (χ1) is 17.2. The Bertz CT molecular complexity index is 1050. The average Bonchev–Trinajstić information content (AvgIpc) is 3.33. The zero-order valence-electron chi connectivity index (χ0n) is 22.2. The van der Waals surface area contributed by atoms with Gasteiger partial charge in [0.05, 0.1) is 6.20 Å². The molecule has 0 aliphatic heterocycles. The number of rotatable bonds is 10. The number of alkyl halides is 2. The Morgan fingerprint density at radius 1 is 1.05 bits per heavy atom. The number of ether oxygens (including phenoxy) is 1. The van der Waals surface area contributed by atoms with E-state index in [4.69, 9.17) is 32.5 Å². The smallest absolute Gasteiger partial charge is 0.408 e. The van der Waals surface area contributed by atoms with E-state index in [1.54, 1.807) is 45.0 Å². The van der Waals surface area contributed by atoms with Gasteiger partial charge in [0.1, 0.15) is 11.6 Å². The van der Waals surface area contributed by atoms with Crippen LogP contribution in [0.25, 0.3) is 11.3 Å². The number of hydrogen-bond donors (Lipinski definition) is 2. The molecule has 0 bridgehead atoms. The van der Waals surface area contributed by atoms with E-state index < -0.39 is 40.4 Å². The summed E-state index contributed by atoms with van der Waals surface area (Å²) in [5.41, 5.74) is 0.529. The SMILES string of the molecule is CC(C)[C@H](NC(=O)OC(C)(C)C)C(=O)N[C@H](CN(C(=O)C(Cl)Cl)c1cccc(-c2ccno2)c1)C(C)C. The Balaban J connectivity index is 2.29. The van der Waals surface area contributed by atoms with Crippen LogP contribution in [0.3, 0.4) is 0 Å². The predicted octanol–water partition coefficient (Wildman–Crippen LogP) is 5.17. The van der Waals surface area contributed by atoms with Crippen molar-refractivity contribution in [3.05, 3.63) is 36.5 Å². The molecule has 1 heterocycles. The summed E-state index contributed by atoms with van der Waals surface area (Å²) in [6.45, 7) is 12.8. The molecule has 11 heteroatoms. The van der Waals surface area contributed by atoms with Crippen molar-refractivity contribution in [2.75, 3.05) is 11.4 Å². The van der Waals surface area contributed by atoms with Gasteiger partial charge in [-0.15, -0.1) is 0 Å². The van der Waals surface area contributed by atoms with Crippen molar-refractivity contribution in [3.8, 4) is 11.3 Å². The second-order valence-corrected chi connectivity index (χ2v) is 11.5. The highest BCUT2D eigenvalue weighted by molar-refractivity contribution is 6.54. The standard InChI is InChI=1S/C26H36Cl2N4O5/c1-15(2)19(30-23(33)21(16(3)4)31-25(35)36-26(5,6)7)14-32(24(34)22(27)28)18-10-8-9-17(13-18)20-11-12-29-37-20/h8-13,15-16,19,21-22H,14H2,1-7H3,(H,30,33)(H,31,35)/t19-,21+/m1/s1. The Hall–Kier alpha value is -2.78. The molecule has 204 valence electrons. The van der Waals surface area contributed by atoms with Crippen molar-refractivity contribution in [1.82, 2.24) is 15.8 Å². The highest BCUT2D eigenvalue weighted by Crippen LogP contribution is 2.27. The van der Waals surface area contributed by atoms with Gasteiger partial charge in [-0.3, -0.25) is 9.59 Å². The lowest BCUT2D eigenvalue weighted by Crippen LogP contribution is -2.56. The predicted molar refractivity (Wildman–Crippen MR) is 145 cm³/mol. The molecule has 37 heavy (non-hydrogen) atoms. The Labute approximate surface area is 228 Å². The van der Waals surface area contributed by atoms with Gasteiger partial charge in [-0.25, -0.2) is 4.79 Å². The average molecular weight is 556 g/mol. The zero-order chi connectivity index (χ0) is 27.9. The molecular formula is C26H36Cl2N4O5. The minimum atomic E-state index is -1.31. The first-order valence-electron chi connectivity index (χ1n) is 12.1. The Morgan fingerprint density at radius 2 is 1.73 bits per heavy atom. The third-order valence-electron chi connectivity index (χ3n) is 5.47. The van der Waals surface area contributed by atoms with Crippen LogP contribution in [0.15, 0.2) is 41.1 Å². The van der Waals surface area contributed by atoms with Crippen LogP contribution >= 0.6 is 23.2 Å². The Kier molecular flexibility index (Phi) is 10.8. The number of aromatic nitrogens is 1. The van der Waals surface area contributed by atoms with Gasteiger partial charge in [-0.2, -0.15) is 0 Å². The maximum absolute atomic E-state index is 13.3. The lowest BCUT2D eigenvalue weighted by molar-refractivity contribution is -0.125. The van der Waals surface area contributed by atoms with Crippen molar-refractivity contribution in [2.45, 2.75) is 71.0 Å². The van der Waals surface area contributed by atoms with Crippen LogP contribution in [0.4, 0.5) is 10.5 Å². The maximum Gasteiger partial charge on any atom is 0.408 e. The quantitative estimate of drug-likeness (QED) is 0.391. The van der Waals surface area contributed by atoms with Crippen molar-refractivity contribution in [3.63, 3.8) is 0 Å². The van der Waals surface area contributed by atoms with E-state index in [9.17, 15) is 14.4 Å². The normalized spacial score (nSPS) is 13.4. The van der Waals surface area contributed by atoms with Gasteiger partial charge < -0.3 is 24.8 Å². The highest BCUT2D eigenvalue weighted by Gasteiger charge is 2.32. The third kappa shape index (κ3) is 9.23. The van der Waals surface area contributed by atoms with Crippen LogP contribution in [-0.2, 0) is 14.3 Å². The third-order valence-corrected chi connectivity index (χ3v) is 5.84. The molecule has 0 aliphatic carbocycles. The molecule has 3 amide bonds. The fraction of sp³-hybridized carbons (Fsp3) is 0.538. The molecule has 0 fully saturated rings. The number of nitrogens with zero attached hydrogens (tertiary/aromatic N) is 2. The number of benzene rings is 1. The second kappa shape index (κ2) is 13.1. The summed E-state index contributed by atoms with van der Waals surface area (Å²) in [7, 11) is 0. The number of carbonyl (C=O) groups is 3. The van der Waals surface area contributed by atoms with E-state index in [-0.39, 0.29) is 18.4 Å². The molecule has 2 aromatic rings. The topological polar surface area (TPSA) is 114 Å². The number of halogens is 2. The van der Waals surface area contributed by atoms with Gasteiger partial charge in [-0.1, -0.05) is 68.2 Å². The van der Waals surface area contributed by atoms with Gasteiger partial charge in [0.25, 0.3) is 5.91 Å². The van der Waals surface area contributed by atoms with Crippen LogP contribution in [0.2, 0.25) is 0 Å². The molecule has 0 saturated carbocycles.